The molecule has 3 amide bonds. The van der Waals surface area contributed by atoms with E-state index in [1.54, 1.807) is 4.90 Å². The van der Waals surface area contributed by atoms with Gasteiger partial charge < -0.3 is 21.7 Å². The number of primary amides is 1. The molecule has 0 aromatic carbocycles. The topological polar surface area (TPSA) is 136 Å². The third-order valence-electron chi connectivity index (χ3n) is 7.91. The van der Waals surface area contributed by atoms with Gasteiger partial charge in [-0.05, 0) is 48.9 Å². The maximum Gasteiger partial charge on any atom is 0.287 e. The molecule has 2 saturated carbocycles. The number of Topliss-reactive ketones (excluding diaryl/α,β-unsaturated/α-hetero) is 1. The summed E-state index contributed by atoms with van der Waals surface area (Å²) in [6.07, 6.45) is 7.60. The molecule has 1 aliphatic heterocycles. The minimum Gasteiger partial charge on any atom is -0.363 e. The number of carbonyl (C=O) groups is 4. The zero-order valence-electron chi connectivity index (χ0n) is 19.7. The predicted molar refractivity (Wildman–Crippen MR) is 121 cm³/mol. The molecule has 8 nitrogen and oxygen atoms in total. The Morgan fingerprint density at radius 3 is 2.19 bits per heavy atom. The van der Waals surface area contributed by atoms with Crippen LogP contribution < -0.4 is 16.8 Å². The lowest BCUT2D eigenvalue weighted by Crippen LogP contribution is -2.57. The second-order valence-electron chi connectivity index (χ2n) is 10.6. The molecule has 3 fully saturated rings. The van der Waals surface area contributed by atoms with Crippen LogP contribution >= 0.6 is 0 Å². The third kappa shape index (κ3) is 5.50. The van der Waals surface area contributed by atoms with Crippen molar-refractivity contribution in [3.05, 3.63) is 0 Å². The minimum atomic E-state index is -1.04. The van der Waals surface area contributed by atoms with Crippen LogP contribution in [-0.2, 0) is 19.2 Å². The summed E-state index contributed by atoms with van der Waals surface area (Å²) < 4.78 is 0. The van der Waals surface area contributed by atoms with Crippen molar-refractivity contribution in [2.45, 2.75) is 90.3 Å². The Labute approximate surface area is 191 Å². The Morgan fingerprint density at radius 1 is 1.03 bits per heavy atom. The Morgan fingerprint density at radius 2 is 1.66 bits per heavy atom. The first-order valence-electron chi connectivity index (χ1n) is 12.3. The van der Waals surface area contributed by atoms with Gasteiger partial charge in [0.05, 0.1) is 12.1 Å². The quantitative estimate of drug-likeness (QED) is 0.458. The highest BCUT2D eigenvalue weighted by atomic mass is 16.2. The van der Waals surface area contributed by atoms with Gasteiger partial charge in [-0.2, -0.15) is 0 Å². The molecule has 1 saturated heterocycles. The van der Waals surface area contributed by atoms with Crippen LogP contribution in [0.5, 0.6) is 0 Å². The van der Waals surface area contributed by atoms with E-state index in [9.17, 15) is 19.2 Å². The molecule has 2 unspecified atom stereocenters. The lowest BCUT2D eigenvalue weighted by atomic mass is 9.83. The van der Waals surface area contributed by atoms with Gasteiger partial charge in [-0.15, -0.1) is 0 Å². The Hall–Kier alpha value is -1.96. The molecule has 3 rings (SSSR count). The molecule has 0 aromatic rings. The summed E-state index contributed by atoms with van der Waals surface area (Å²) in [5.41, 5.74) is 11.7. The summed E-state index contributed by atoms with van der Waals surface area (Å²) in [5, 5.41) is 2.78. The lowest BCUT2D eigenvalue weighted by Gasteiger charge is -2.33. The minimum absolute atomic E-state index is 0.0808. The SMILES string of the molecule is CC(C)[C@H]1CN(C(=O)[C@@H](N)C2CCCCC2)[C@H](C(=O)NC(CC2CC2)C(=O)C(N)=O)C1C. The zero-order valence-corrected chi connectivity index (χ0v) is 19.7. The molecule has 0 spiro atoms. The monoisotopic (exact) mass is 448 g/mol. The van der Waals surface area contributed by atoms with Crippen molar-refractivity contribution in [1.82, 2.24) is 10.2 Å². The van der Waals surface area contributed by atoms with Gasteiger partial charge in [0.2, 0.25) is 17.6 Å². The van der Waals surface area contributed by atoms with Crippen LogP contribution in [0.1, 0.15) is 72.1 Å². The average Bonchev–Trinajstić information content (AvgIpc) is 3.51. The third-order valence-corrected chi connectivity index (χ3v) is 7.91. The average molecular weight is 449 g/mol. The molecule has 3 aliphatic rings. The van der Waals surface area contributed by atoms with Gasteiger partial charge in [0.25, 0.3) is 5.91 Å². The molecule has 0 radical (unpaired) electrons. The fourth-order valence-corrected chi connectivity index (χ4v) is 5.68. The molecule has 1 heterocycles. The van der Waals surface area contributed by atoms with Crippen LogP contribution in [0.2, 0.25) is 0 Å². The summed E-state index contributed by atoms with van der Waals surface area (Å²) in [6, 6.07) is -2.24. The maximum atomic E-state index is 13.5. The van der Waals surface area contributed by atoms with E-state index in [2.05, 4.69) is 19.2 Å². The van der Waals surface area contributed by atoms with Crippen molar-refractivity contribution in [1.29, 1.82) is 0 Å². The van der Waals surface area contributed by atoms with E-state index < -0.39 is 29.8 Å². The van der Waals surface area contributed by atoms with Gasteiger partial charge >= 0.3 is 0 Å². The standard InChI is InChI=1S/C24H40N4O4/c1-13(2)17-12-28(24(32)19(25)16-7-5-4-6-8-16)20(14(17)3)23(31)27-18(11-15-9-10-15)21(29)22(26)30/h13-20H,4-12,25H2,1-3H3,(H2,26,30)(H,27,31)/t14?,17-,18?,19+,20+/m1/s1. The highest BCUT2D eigenvalue weighted by Gasteiger charge is 2.48. The number of ketones is 1. The first-order chi connectivity index (χ1) is 15.1. The Balaban J connectivity index is 1.78. The van der Waals surface area contributed by atoms with Crippen LogP contribution in [0.15, 0.2) is 0 Å². The van der Waals surface area contributed by atoms with E-state index in [0.29, 0.717) is 24.8 Å². The number of carbonyl (C=O) groups excluding carboxylic acids is 4. The number of hydrogen-bond acceptors (Lipinski definition) is 5. The molecule has 0 bridgehead atoms. The van der Waals surface area contributed by atoms with Crippen LogP contribution in [0.3, 0.4) is 0 Å². The molecule has 32 heavy (non-hydrogen) atoms. The fourth-order valence-electron chi connectivity index (χ4n) is 5.68. The molecule has 8 heteroatoms. The van der Waals surface area contributed by atoms with Gasteiger partial charge in [-0.25, -0.2) is 0 Å². The summed E-state index contributed by atoms with van der Waals surface area (Å²) in [6.45, 7) is 6.66. The van der Waals surface area contributed by atoms with Crippen LogP contribution in [0.4, 0.5) is 0 Å². The van der Waals surface area contributed by atoms with Crippen LogP contribution in [-0.4, -0.2) is 53.1 Å². The normalized spacial score (nSPS) is 28.4. The van der Waals surface area contributed by atoms with Crippen molar-refractivity contribution < 1.29 is 19.2 Å². The lowest BCUT2D eigenvalue weighted by molar-refractivity contribution is -0.143. The highest BCUT2D eigenvalue weighted by molar-refractivity contribution is 6.37. The van der Waals surface area contributed by atoms with Crippen molar-refractivity contribution >= 4 is 23.5 Å². The van der Waals surface area contributed by atoms with Gasteiger partial charge in [0.1, 0.15) is 6.04 Å². The number of nitrogens with one attached hydrogen (secondary N) is 1. The van der Waals surface area contributed by atoms with Gasteiger partial charge in [-0.3, -0.25) is 19.2 Å². The van der Waals surface area contributed by atoms with E-state index in [1.165, 1.54) is 6.42 Å². The molecule has 2 aliphatic carbocycles. The summed E-state index contributed by atoms with van der Waals surface area (Å²) in [4.78, 5) is 52.4. The van der Waals surface area contributed by atoms with Gasteiger partial charge in [0, 0.05) is 6.54 Å². The van der Waals surface area contributed by atoms with E-state index in [1.807, 2.05) is 6.92 Å². The Kier molecular flexibility index (Phi) is 7.96. The molecule has 0 aromatic heterocycles. The fraction of sp³-hybridized carbons (Fsp3) is 0.833. The molecule has 5 N–H and O–H groups in total. The van der Waals surface area contributed by atoms with Crippen molar-refractivity contribution in [2.24, 2.45) is 41.1 Å². The smallest absolute Gasteiger partial charge is 0.287 e. The van der Waals surface area contributed by atoms with Crippen molar-refractivity contribution in [2.75, 3.05) is 6.54 Å². The molecule has 180 valence electrons. The second kappa shape index (κ2) is 10.3. The summed E-state index contributed by atoms with van der Waals surface area (Å²) >= 11 is 0. The highest BCUT2D eigenvalue weighted by Crippen LogP contribution is 2.37. The van der Waals surface area contributed by atoms with E-state index in [4.69, 9.17) is 11.5 Å². The first kappa shape index (κ1) is 24.7. The van der Waals surface area contributed by atoms with Crippen LogP contribution in [0, 0.1) is 29.6 Å². The number of nitrogens with two attached hydrogens (primary N) is 2. The van der Waals surface area contributed by atoms with E-state index in [0.717, 1.165) is 38.5 Å². The number of rotatable bonds is 9. The largest absolute Gasteiger partial charge is 0.363 e. The van der Waals surface area contributed by atoms with Crippen molar-refractivity contribution in [3.63, 3.8) is 0 Å². The summed E-state index contributed by atoms with van der Waals surface area (Å²) in [5.74, 6) is -1.53. The molecule has 5 atom stereocenters. The predicted octanol–water partition coefficient (Wildman–Crippen LogP) is 1.35. The first-order valence-corrected chi connectivity index (χ1v) is 12.3. The molecular weight excluding hydrogens is 408 g/mol. The van der Waals surface area contributed by atoms with Gasteiger partial charge in [-0.1, -0.05) is 52.9 Å². The Bertz CT molecular complexity index is 730. The summed E-state index contributed by atoms with van der Waals surface area (Å²) in [7, 11) is 0. The number of amides is 3. The van der Waals surface area contributed by atoms with Crippen LogP contribution in [0.25, 0.3) is 0 Å². The van der Waals surface area contributed by atoms with Crippen molar-refractivity contribution in [3.8, 4) is 0 Å². The second-order valence-corrected chi connectivity index (χ2v) is 10.6. The zero-order chi connectivity index (χ0) is 23.6. The van der Waals surface area contributed by atoms with E-state index in [-0.39, 0.29) is 29.6 Å². The number of nitrogens with zero attached hydrogens (tertiary/aromatic N) is 1. The maximum absolute atomic E-state index is 13.5. The number of likely N-dealkylation sites (tertiary alicyclic amines) is 1. The number of hydrogen-bond donors (Lipinski definition) is 3. The van der Waals surface area contributed by atoms with E-state index >= 15 is 0 Å². The molecular formula is C24H40N4O4. The van der Waals surface area contributed by atoms with Gasteiger partial charge in [0.15, 0.2) is 0 Å².